The lowest BCUT2D eigenvalue weighted by atomic mass is 10.1. The summed E-state index contributed by atoms with van der Waals surface area (Å²) in [6.07, 6.45) is 6.55. The summed E-state index contributed by atoms with van der Waals surface area (Å²) in [5, 5.41) is 4.13. The zero-order valence-corrected chi connectivity index (χ0v) is 17.3. The molecular formula is C23H28N4O2. The smallest absolute Gasteiger partial charge is 0.254 e. The first-order valence-electron chi connectivity index (χ1n) is 10.0. The van der Waals surface area contributed by atoms with Crippen LogP contribution in [0.3, 0.4) is 0 Å². The number of aromatic nitrogens is 3. The zero-order valence-electron chi connectivity index (χ0n) is 17.3. The van der Waals surface area contributed by atoms with Gasteiger partial charge in [0.05, 0.1) is 18.3 Å². The summed E-state index contributed by atoms with van der Waals surface area (Å²) >= 11 is 0. The van der Waals surface area contributed by atoms with Gasteiger partial charge in [-0.1, -0.05) is 31.9 Å². The highest BCUT2D eigenvalue weighted by molar-refractivity contribution is 5.94. The van der Waals surface area contributed by atoms with Crippen molar-refractivity contribution in [3.8, 4) is 11.4 Å². The van der Waals surface area contributed by atoms with Gasteiger partial charge in [0.25, 0.3) is 5.91 Å². The largest absolute Gasteiger partial charge is 0.494 e. The highest BCUT2D eigenvalue weighted by Gasteiger charge is 2.19. The summed E-state index contributed by atoms with van der Waals surface area (Å²) < 4.78 is 7.43. The fourth-order valence-electron chi connectivity index (χ4n) is 3.09. The second kappa shape index (κ2) is 9.87. The molecule has 3 rings (SSSR count). The lowest BCUT2D eigenvalue weighted by Gasteiger charge is -2.25. The molecule has 152 valence electrons. The Morgan fingerprint density at radius 2 is 1.83 bits per heavy atom. The predicted octanol–water partition coefficient (Wildman–Crippen LogP) is 4.67. The molecular weight excluding hydrogens is 364 g/mol. The second-order valence-corrected chi connectivity index (χ2v) is 7.10. The Hall–Kier alpha value is -3.15. The Morgan fingerprint density at radius 3 is 2.45 bits per heavy atom. The number of carbonyl (C=O) groups is 1. The Kier molecular flexibility index (Phi) is 7.00. The summed E-state index contributed by atoms with van der Waals surface area (Å²) in [7, 11) is 1.83. The van der Waals surface area contributed by atoms with Gasteiger partial charge in [-0.05, 0) is 55.3 Å². The minimum Gasteiger partial charge on any atom is -0.494 e. The van der Waals surface area contributed by atoms with Crippen molar-refractivity contribution < 1.29 is 9.53 Å². The molecule has 1 atom stereocenters. The molecule has 3 aromatic rings. The summed E-state index contributed by atoms with van der Waals surface area (Å²) in [6, 6.07) is 15.3. The Balaban J connectivity index is 1.61. The molecule has 29 heavy (non-hydrogen) atoms. The summed E-state index contributed by atoms with van der Waals surface area (Å²) in [5.41, 5.74) is 2.64. The van der Waals surface area contributed by atoms with Gasteiger partial charge in [-0.3, -0.25) is 4.79 Å². The first-order valence-corrected chi connectivity index (χ1v) is 10.0. The van der Waals surface area contributed by atoms with E-state index < -0.39 is 0 Å². The number of amides is 1. The molecule has 6 nitrogen and oxygen atoms in total. The Labute approximate surface area is 172 Å². The first kappa shape index (κ1) is 20.6. The van der Waals surface area contributed by atoms with Crippen molar-refractivity contribution >= 4 is 5.91 Å². The molecule has 0 fully saturated rings. The molecule has 0 aliphatic heterocycles. The highest BCUT2D eigenvalue weighted by atomic mass is 16.5. The van der Waals surface area contributed by atoms with Crippen molar-refractivity contribution in [2.75, 3.05) is 13.7 Å². The maximum atomic E-state index is 12.9. The first-order chi connectivity index (χ1) is 14.1. The van der Waals surface area contributed by atoms with E-state index in [1.165, 1.54) is 19.2 Å². The van der Waals surface area contributed by atoms with Crippen LogP contribution in [0.15, 0.2) is 61.2 Å². The minimum absolute atomic E-state index is 0.0182. The van der Waals surface area contributed by atoms with E-state index in [1.807, 2.05) is 62.5 Å². The fraction of sp³-hybridized carbons (Fsp3) is 0.348. The standard InChI is InChI=1S/C23H28N4O2/c1-4-5-6-15-29-22-13-9-20(10-14-22)23(28)26(3)18(2)19-7-11-21(12-8-19)27-17-24-16-25-27/h7-14,16-18H,4-6,15H2,1-3H3/t18-/m1/s1. The molecule has 1 aromatic heterocycles. The molecule has 1 heterocycles. The fourth-order valence-corrected chi connectivity index (χ4v) is 3.09. The molecule has 6 heteroatoms. The van der Waals surface area contributed by atoms with Crippen LogP contribution in [-0.4, -0.2) is 39.2 Å². The third-order valence-corrected chi connectivity index (χ3v) is 5.08. The molecule has 0 saturated carbocycles. The zero-order chi connectivity index (χ0) is 20.6. The summed E-state index contributed by atoms with van der Waals surface area (Å²) in [5.74, 6) is 0.785. The molecule has 0 N–H and O–H groups in total. The summed E-state index contributed by atoms with van der Waals surface area (Å²) in [4.78, 5) is 18.6. The molecule has 0 aliphatic rings. The van der Waals surface area contributed by atoms with Gasteiger partial charge in [0, 0.05) is 12.6 Å². The van der Waals surface area contributed by atoms with Crippen LogP contribution in [0.2, 0.25) is 0 Å². The third-order valence-electron chi connectivity index (χ3n) is 5.08. The average Bonchev–Trinajstić information content (AvgIpc) is 3.31. The molecule has 2 aromatic carbocycles. The van der Waals surface area contributed by atoms with Gasteiger partial charge in [-0.25, -0.2) is 9.67 Å². The minimum atomic E-state index is -0.0581. The van der Waals surface area contributed by atoms with Crippen molar-refractivity contribution in [2.45, 2.75) is 39.2 Å². The number of nitrogens with zero attached hydrogens (tertiary/aromatic N) is 4. The number of hydrogen-bond acceptors (Lipinski definition) is 4. The average molecular weight is 393 g/mol. The van der Waals surface area contributed by atoms with Crippen LogP contribution in [-0.2, 0) is 0 Å². The van der Waals surface area contributed by atoms with Crippen LogP contribution in [0.25, 0.3) is 5.69 Å². The normalized spacial score (nSPS) is 11.8. The number of benzene rings is 2. The topological polar surface area (TPSA) is 60.2 Å². The van der Waals surface area contributed by atoms with E-state index in [2.05, 4.69) is 17.0 Å². The van der Waals surface area contributed by atoms with Crippen LogP contribution in [0, 0.1) is 0 Å². The van der Waals surface area contributed by atoms with E-state index in [1.54, 1.807) is 15.9 Å². The van der Waals surface area contributed by atoms with E-state index in [0.29, 0.717) is 12.2 Å². The summed E-state index contributed by atoms with van der Waals surface area (Å²) in [6.45, 7) is 4.90. The van der Waals surface area contributed by atoms with Crippen molar-refractivity contribution in [3.63, 3.8) is 0 Å². The van der Waals surface area contributed by atoms with Crippen molar-refractivity contribution in [1.29, 1.82) is 0 Å². The molecule has 0 radical (unpaired) electrons. The van der Waals surface area contributed by atoms with Gasteiger partial charge in [0.15, 0.2) is 0 Å². The van der Waals surface area contributed by atoms with Crippen molar-refractivity contribution in [1.82, 2.24) is 19.7 Å². The van der Waals surface area contributed by atoms with Crippen molar-refractivity contribution in [3.05, 3.63) is 72.3 Å². The van der Waals surface area contributed by atoms with E-state index in [9.17, 15) is 4.79 Å². The molecule has 1 amide bonds. The maximum Gasteiger partial charge on any atom is 0.254 e. The van der Waals surface area contributed by atoms with E-state index >= 15 is 0 Å². The SMILES string of the molecule is CCCCCOc1ccc(C(=O)N(C)[C@H](C)c2ccc(-n3cncn3)cc2)cc1. The molecule has 0 bridgehead atoms. The Morgan fingerprint density at radius 1 is 1.10 bits per heavy atom. The van der Waals surface area contributed by atoms with Gasteiger partial charge < -0.3 is 9.64 Å². The van der Waals surface area contributed by atoms with Gasteiger partial charge in [-0.2, -0.15) is 5.10 Å². The second-order valence-electron chi connectivity index (χ2n) is 7.10. The third kappa shape index (κ3) is 5.22. The lowest BCUT2D eigenvalue weighted by Crippen LogP contribution is -2.29. The number of unbranched alkanes of at least 4 members (excludes halogenated alkanes) is 2. The van der Waals surface area contributed by atoms with Gasteiger partial charge >= 0.3 is 0 Å². The van der Waals surface area contributed by atoms with E-state index in [4.69, 9.17) is 4.74 Å². The molecule has 0 spiro atoms. The molecule has 0 aliphatic carbocycles. The van der Waals surface area contributed by atoms with Crippen LogP contribution >= 0.6 is 0 Å². The van der Waals surface area contributed by atoms with E-state index in [0.717, 1.165) is 23.4 Å². The van der Waals surface area contributed by atoms with Crippen LogP contribution in [0.1, 0.15) is 55.1 Å². The van der Waals surface area contributed by atoms with Gasteiger partial charge in [0.1, 0.15) is 18.4 Å². The van der Waals surface area contributed by atoms with E-state index in [-0.39, 0.29) is 11.9 Å². The monoisotopic (exact) mass is 392 g/mol. The van der Waals surface area contributed by atoms with Crippen LogP contribution in [0.4, 0.5) is 0 Å². The maximum absolute atomic E-state index is 12.9. The Bertz CT molecular complexity index is 890. The van der Waals surface area contributed by atoms with Gasteiger partial charge in [-0.15, -0.1) is 0 Å². The predicted molar refractivity (Wildman–Crippen MR) is 113 cm³/mol. The van der Waals surface area contributed by atoms with Crippen molar-refractivity contribution in [2.24, 2.45) is 0 Å². The number of ether oxygens (including phenoxy) is 1. The van der Waals surface area contributed by atoms with Crippen LogP contribution in [0.5, 0.6) is 5.75 Å². The number of hydrogen-bond donors (Lipinski definition) is 0. The number of rotatable bonds is 9. The number of carbonyl (C=O) groups excluding carboxylic acids is 1. The molecule has 0 unspecified atom stereocenters. The quantitative estimate of drug-likeness (QED) is 0.497. The highest BCUT2D eigenvalue weighted by Crippen LogP contribution is 2.23. The lowest BCUT2D eigenvalue weighted by molar-refractivity contribution is 0.0742. The van der Waals surface area contributed by atoms with Gasteiger partial charge in [0.2, 0.25) is 0 Å². The molecule has 0 saturated heterocycles. The van der Waals surface area contributed by atoms with Crippen LogP contribution < -0.4 is 4.74 Å².